The third-order valence-corrected chi connectivity index (χ3v) is 7.86. The van der Waals surface area contributed by atoms with Crippen molar-refractivity contribution in [1.29, 1.82) is 0 Å². The fraction of sp³-hybridized carbons (Fsp3) is 0.267. The van der Waals surface area contributed by atoms with E-state index in [9.17, 15) is 19.2 Å². The smallest absolute Gasteiger partial charge is 0.409 e. The summed E-state index contributed by atoms with van der Waals surface area (Å²) in [6, 6.07) is 22.5. The minimum Gasteiger partial charge on any atom is -0.448 e. The van der Waals surface area contributed by atoms with Crippen LogP contribution in [0.4, 0.5) is 4.79 Å². The van der Waals surface area contributed by atoms with Crippen LogP contribution in [0.25, 0.3) is 11.1 Å². The molecule has 3 aromatic rings. The van der Waals surface area contributed by atoms with E-state index in [1.807, 2.05) is 24.3 Å². The first-order chi connectivity index (χ1) is 18.9. The lowest BCUT2D eigenvalue weighted by atomic mass is 9.91. The van der Waals surface area contributed by atoms with E-state index in [4.69, 9.17) is 14.3 Å². The highest BCUT2D eigenvalue weighted by Gasteiger charge is 2.48. The lowest BCUT2D eigenvalue weighted by Crippen LogP contribution is -2.54. The molecule has 0 N–H and O–H groups in total. The van der Waals surface area contributed by atoms with Crippen molar-refractivity contribution in [3.05, 3.63) is 95.1 Å². The third-order valence-electron chi connectivity index (χ3n) is 7.86. The molecular weight excluding hydrogens is 500 g/mol. The molecule has 0 unspecified atom stereocenters. The number of hydrogen-bond donors (Lipinski definition) is 0. The Labute approximate surface area is 224 Å². The van der Waals surface area contributed by atoms with Crippen molar-refractivity contribution in [2.75, 3.05) is 26.8 Å². The van der Waals surface area contributed by atoms with Gasteiger partial charge in [0.15, 0.2) is 5.60 Å². The van der Waals surface area contributed by atoms with Crippen LogP contribution < -0.4 is 0 Å². The van der Waals surface area contributed by atoms with Gasteiger partial charge in [-0.05, 0) is 34.4 Å². The van der Waals surface area contributed by atoms with E-state index in [1.54, 1.807) is 12.1 Å². The van der Waals surface area contributed by atoms with E-state index in [-0.39, 0.29) is 49.6 Å². The largest absolute Gasteiger partial charge is 0.448 e. The third kappa shape index (κ3) is 4.06. The van der Waals surface area contributed by atoms with Crippen LogP contribution in [0, 0.1) is 0 Å². The molecule has 2 aliphatic heterocycles. The van der Waals surface area contributed by atoms with E-state index in [0.717, 1.165) is 22.3 Å². The molecule has 9 nitrogen and oxygen atoms in total. The Bertz CT molecular complexity index is 1410. The number of carbonyl (C=O) groups excluding carboxylic acids is 4. The molecule has 1 saturated heterocycles. The molecule has 2 heterocycles. The highest BCUT2D eigenvalue weighted by atomic mass is 16.7. The maximum absolute atomic E-state index is 13.1. The number of piperidine rings is 1. The van der Waals surface area contributed by atoms with E-state index >= 15 is 0 Å². The number of ether oxygens (including phenoxy) is 2. The van der Waals surface area contributed by atoms with Crippen molar-refractivity contribution in [1.82, 2.24) is 9.96 Å². The molecule has 9 heteroatoms. The zero-order valence-corrected chi connectivity index (χ0v) is 21.3. The van der Waals surface area contributed by atoms with Gasteiger partial charge in [-0.3, -0.25) is 9.59 Å². The van der Waals surface area contributed by atoms with Crippen molar-refractivity contribution in [3.63, 3.8) is 0 Å². The van der Waals surface area contributed by atoms with Gasteiger partial charge in [0.05, 0.1) is 11.1 Å². The second kappa shape index (κ2) is 9.67. The molecule has 0 atom stereocenters. The molecule has 1 aliphatic carbocycles. The van der Waals surface area contributed by atoms with Gasteiger partial charge in [-0.1, -0.05) is 65.7 Å². The summed E-state index contributed by atoms with van der Waals surface area (Å²) in [5, 5.41) is 0.478. The molecule has 39 heavy (non-hydrogen) atoms. The molecule has 1 fully saturated rings. The molecule has 3 amide bonds. The zero-order chi connectivity index (χ0) is 27.1. The molecule has 0 bridgehead atoms. The number of hydroxylamine groups is 2. The van der Waals surface area contributed by atoms with Crippen molar-refractivity contribution in [2.24, 2.45) is 0 Å². The van der Waals surface area contributed by atoms with Gasteiger partial charge < -0.3 is 19.2 Å². The van der Waals surface area contributed by atoms with Crippen LogP contribution in [-0.4, -0.2) is 66.2 Å². The van der Waals surface area contributed by atoms with E-state index < -0.39 is 29.5 Å². The van der Waals surface area contributed by atoms with Gasteiger partial charge in [0.1, 0.15) is 6.61 Å². The number of hydrogen-bond acceptors (Lipinski definition) is 7. The fourth-order valence-corrected chi connectivity index (χ4v) is 5.64. The van der Waals surface area contributed by atoms with Crippen molar-refractivity contribution < 1.29 is 33.5 Å². The summed E-state index contributed by atoms with van der Waals surface area (Å²) in [7, 11) is 1.37. The summed E-state index contributed by atoms with van der Waals surface area (Å²) in [5.41, 5.74) is 3.48. The van der Waals surface area contributed by atoms with Gasteiger partial charge >= 0.3 is 12.1 Å². The average Bonchev–Trinajstić information content (AvgIpc) is 3.43. The minimum absolute atomic E-state index is 0.0566. The lowest BCUT2D eigenvalue weighted by Gasteiger charge is -2.38. The van der Waals surface area contributed by atoms with E-state index in [0.29, 0.717) is 5.06 Å². The fourth-order valence-electron chi connectivity index (χ4n) is 5.64. The first-order valence-corrected chi connectivity index (χ1v) is 12.8. The van der Waals surface area contributed by atoms with Gasteiger partial charge in [-0.15, -0.1) is 0 Å². The van der Waals surface area contributed by atoms with Crippen LogP contribution in [0.15, 0.2) is 72.8 Å². The standard InChI is InChI=1S/C30H26N2O7/c1-37-30(28(35)39-32-26(33)23-12-6-7-13-24(23)27(32)34)14-16-31(17-15-30)29(36)38-18-25-21-10-4-2-8-19(21)20-9-3-5-11-22(20)25/h2-13,25H,14-18H2,1H3. The van der Waals surface area contributed by atoms with E-state index in [2.05, 4.69) is 24.3 Å². The Balaban J connectivity index is 1.08. The van der Waals surface area contributed by atoms with Crippen LogP contribution in [0.5, 0.6) is 0 Å². The van der Waals surface area contributed by atoms with Gasteiger partial charge in [0, 0.05) is 39.0 Å². The number of likely N-dealkylation sites (tertiary alicyclic amines) is 1. The number of carbonyl (C=O) groups is 4. The number of nitrogens with zero attached hydrogens (tertiary/aromatic N) is 2. The number of rotatable bonds is 5. The Morgan fingerprint density at radius 1 is 0.795 bits per heavy atom. The SMILES string of the molecule is COC1(C(=O)ON2C(=O)c3ccccc3C2=O)CCN(C(=O)OCC2c3ccccc3-c3ccccc32)CC1. The average molecular weight is 527 g/mol. The molecule has 3 aromatic carbocycles. The number of imide groups is 1. The van der Waals surface area contributed by atoms with Crippen LogP contribution in [-0.2, 0) is 19.1 Å². The lowest BCUT2D eigenvalue weighted by molar-refractivity contribution is -0.198. The van der Waals surface area contributed by atoms with Crippen molar-refractivity contribution in [2.45, 2.75) is 24.4 Å². The Morgan fingerprint density at radius 3 is 1.79 bits per heavy atom. The number of fused-ring (bicyclic) bond motifs is 4. The van der Waals surface area contributed by atoms with Crippen LogP contribution in [0.3, 0.4) is 0 Å². The normalized spacial score (nSPS) is 17.5. The predicted molar refractivity (Wildman–Crippen MR) is 139 cm³/mol. The van der Waals surface area contributed by atoms with Crippen LogP contribution >= 0.6 is 0 Å². The first-order valence-electron chi connectivity index (χ1n) is 12.8. The van der Waals surface area contributed by atoms with Crippen molar-refractivity contribution >= 4 is 23.9 Å². The number of methoxy groups -OCH3 is 1. The zero-order valence-electron chi connectivity index (χ0n) is 21.3. The van der Waals surface area contributed by atoms with E-state index in [1.165, 1.54) is 24.1 Å². The van der Waals surface area contributed by atoms with Crippen LogP contribution in [0.2, 0.25) is 0 Å². The topological polar surface area (TPSA) is 102 Å². The second-order valence-corrected chi connectivity index (χ2v) is 9.82. The Morgan fingerprint density at radius 2 is 1.28 bits per heavy atom. The summed E-state index contributed by atoms with van der Waals surface area (Å²) in [5.74, 6) is -2.32. The molecular formula is C30H26N2O7. The molecule has 0 saturated carbocycles. The van der Waals surface area contributed by atoms with Gasteiger partial charge in [-0.2, -0.15) is 0 Å². The summed E-state index contributed by atoms with van der Waals surface area (Å²) >= 11 is 0. The molecule has 198 valence electrons. The van der Waals surface area contributed by atoms with Gasteiger partial charge in [0.25, 0.3) is 11.8 Å². The minimum atomic E-state index is -1.41. The summed E-state index contributed by atoms with van der Waals surface area (Å²) in [6.07, 6.45) is -0.235. The second-order valence-electron chi connectivity index (χ2n) is 9.82. The van der Waals surface area contributed by atoms with Gasteiger partial charge in [-0.25, -0.2) is 9.59 Å². The highest BCUT2D eigenvalue weighted by molar-refractivity contribution is 6.21. The molecule has 0 spiro atoms. The quantitative estimate of drug-likeness (QED) is 0.460. The maximum Gasteiger partial charge on any atom is 0.409 e. The molecule has 0 aromatic heterocycles. The Kier molecular flexibility index (Phi) is 6.15. The highest BCUT2D eigenvalue weighted by Crippen LogP contribution is 2.44. The van der Waals surface area contributed by atoms with Crippen molar-refractivity contribution in [3.8, 4) is 11.1 Å². The van der Waals surface area contributed by atoms with Gasteiger partial charge in [0.2, 0.25) is 0 Å². The molecule has 0 radical (unpaired) electrons. The van der Waals surface area contributed by atoms with Crippen LogP contribution in [0.1, 0.15) is 50.6 Å². The monoisotopic (exact) mass is 526 g/mol. The molecule has 6 rings (SSSR count). The Hall–Kier alpha value is -4.50. The maximum atomic E-state index is 13.1. The predicted octanol–water partition coefficient (Wildman–Crippen LogP) is 4.17. The first kappa shape index (κ1) is 24.8. The number of benzene rings is 3. The summed E-state index contributed by atoms with van der Waals surface area (Å²) in [6.45, 7) is 0.560. The number of amides is 3. The summed E-state index contributed by atoms with van der Waals surface area (Å²) in [4.78, 5) is 58.1. The summed E-state index contributed by atoms with van der Waals surface area (Å²) < 4.78 is 11.3. The molecule has 3 aliphatic rings.